The minimum Gasteiger partial charge on any atom is -0.339 e. The molecule has 0 spiro atoms. The van der Waals surface area contributed by atoms with Gasteiger partial charge >= 0.3 is 0 Å². The zero-order valence-corrected chi connectivity index (χ0v) is 22.1. The van der Waals surface area contributed by atoms with Crippen LogP contribution in [0.4, 0.5) is 5.13 Å². The lowest BCUT2D eigenvalue weighted by atomic mass is 10.1. The second-order valence-corrected chi connectivity index (χ2v) is 10.8. The van der Waals surface area contributed by atoms with Crippen molar-refractivity contribution < 1.29 is 14.4 Å². The molecule has 0 bridgehead atoms. The van der Waals surface area contributed by atoms with Crippen LogP contribution in [0.1, 0.15) is 33.2 Å². The van der Waals surface area contributed by atoms with E-state index in [9.17, 15) is 14.4 Å². The number of hydrogen-bond acceptors (Lipinski definition) is 9. The minimum atomic E-state index is -0.258. The number of piperazine rings is 1. The van der Waals surface area contributed by atoms with E-state index in [1.807, 2.05) is 24.3 Å². The van der Waals surface area contributed by atoms with Gasteiger partial charge in [0.15, 0.2) is 5.13 Å². The summed E-state index contributed by atoms with van der Waals surface area (Å²) in [4.78, 5) is 45.0. The van der Waals surface area contributed by atoms with Crippen molar-refractivity contribution in [3.05, 3.63) is 71.4 Å². The third kappa shape index (κ3) is 6.06. The van der Waals surface area contributed by atoms with Gasteiger partial charge in [-0.25, -0.2) is 4.98 Å². The molecular weight excluding hydrogens is 524 g/mol. The van der Waals surface area contributed by atoms with Crippen LogP contribution in [0.15, 0.2) is 58.9 Å². The SMILES string of the molecule is CC(=O)N1CCN(C(=O)c2cccc(CSc3cnc(NC(=O)c4ccc(-c5nn[nH]n5)cc4)s3)c2)CC1. The van der Waals surface area contributed by atoms with Gasteiger partial charge in [-0.05, 0) is 35.0 Å². The van der Waals surface area contributed by atoms with Crippen molar-refractivity contribution in [2.24, 2.45) is 0 Å². The van der Waals surface area contributed by atoms with E-state index in [0.717, 1.165) is 15.3 Å². The van der Waals surface area contributed by atoms with E-state index in [2.05, 4.69) is 30.9 Å². The molecule has 38 heavy (non-hydrogen) atoms. The number of thiazole rings is 1. The second-order valence-electron chi connectivity index (χ2n) is 8.54. The number of aromatic amines is 1. The van der Waals surface area contributed by atoms with Crippen molar-refractivity contribution in [3.63, 3.8) is 0 Å². The first-order chi connectivity index (χ1) is 18.5. The summed E-state index contributed by atoms with van der Waals surface area (Å²) in [6, 6.07) is 14.5. The Bertz CT molecular complexity index is 1430. The van der Waals surface area contributed by atoms with Crippen LogP contribution < -0.4 is 5.32 Å². The molecule has 194 valence electrons. The van der Waals surface area contributed by atoms with Gasteiger partial charge in [0, 0.05) is 55.5 Å². The van der Waals surface area contributed by atoms with E-state index >= 15 is 0 Å². The Morgan fingerprint density at radius 2 is 1.79 bits per heavy atom. The van der Waals surface area contributed by atoms with Crippen LogP contribution >= 0.6 is 23.1 Å². The average molecular weight is 549 g/mol. The summed E-state index contributed by atoms with van der Waals surface area (Å²) < 4.78 is 0.949. The lowest BCUT2D eigenvalue weighted by molar-refractivity contribution is -0.130. The fraction of sp³-hybridized carbons (Fsp3) is 0.240. The maximum absolute atomic E-state index is 13.0. The molecule has 1 fully saturated rings. The van der Waals surface area contributed by atoms with E-state index in [4.69, 9.17) is 0 Å². The van der Waals surface area contributed by atoms with Gasteiger partial charge < -0.3 is 9.80 Å². The number of hydrogen-bond donors (Lipinski definition) is 2. The summed E-state index contributed by atoms with van der Waals surface area (Å²) >= 11 is 2.98. The highest BCUT2D eigenvalue weighted by molar-refractivity contribution is 8.00. The van der Waals surface area contributed by atoms with Crippen molar-refractivity contribution in [2.45, 2.75) is 16.9 Å². The van der Waals surface area contributed by atoms with E-state index < -0.39 is 0 Å². The maximum Gasteiger partial charge on any atom is 0.257 e. The first-order valence-corrected chi connectivity index (χ1v) is 13.6. The summed E-state index contributed by atoms with van der Waals surface area (Å²) in [5.74, 6) is 0.879. The number of amides is 3. The molecule has 2 aromatic heterocycles. The van der Waals surface area contributed by atoms with E-state index in [-0.39, 0.29) is 17.7 Å². The van der Waals surface area contributed by atoms with Gasteiger partial charge in [0.1, 0.15) is 0 Å². The fourth-order valence-corrected chi connectivity index (χ4v) is 5.77. The lowest BCUT2D eigenvalue weighted by Gasteiger charge is -2.34. The number of nitrogens with zero attached hydrogens (tertiary/aromatic N) is 6. The number of benzene rings is 2. The summed E-state index contributed by atoms with van der Waals surface area (Å²) in [5.41, 5.74) is 2.90. The summed E-state index contributed by atoms with van der Waals surface area (Å²) in [5, 5.41) is 17.1. The van der Waals surface area contributed by atoms with Crippen LogP contribution in [0.2, 0.25) is 0 Å². The van der Waals surface area contributed by atoms with Crippen molar-refractivity contribution in [3.8, 4) is 11.4 Å². The molecule has 2 aromatic carbocycles. The predicted molar refractivity (Wildman–Crippen MR) is 144 cm³/mol. The largest absolute Gasteiger partial charge is 0.339 e. The molecule has 2 N–H and O–H groups in total. The lowest BCUT2D eigenvalue weighted by Crippen LogP contribution is -2.50. The molecule has 3 heterocycles. The van der Waals surface area contributed by atoms with Crippen molar-refractivity contribution >= 4 is 46.0 Å². The number of H-pyrrole nitrogens is 1. The van der Waals surface area contributed by atoms with Crippen LogP contribution in [0.3, 0.4) is 0 Å². The zero-order valence-electron chi connectivity index (χ0n) is 20.5. The molecule has 4 aromatic rings. The Hall–Kier alpha value is -4.10. The quantitative estimate of drug-likeness (QED) is 0.336. The van der Waals surface area contributed by atoms with Gasteiger partial charge in [0.2, 0.25) is 11.7 Å². The third-order valence-corrected chi connectivity index (χ3v) is 8.20. The molecule has 13 heteroatoms. The summed E-state index contributed by atoms with van der Waals surface area (Å²) in [6.07, 6.45) is 1.73. The molecule has 0 atom stereocenters. The number of tetrazole rings is 1. The number of nitrogens with one attached hydrogen (secondary N) is 2. The molecule has 1 saturated heterocycles. The van der Waals surface area contributed by atoms with Crippen LogP contribution in [-0.2, 0) is 10.5 Å². The smallest absolute Gasteiger partial charge is 0.257 e. The van der Waals surface area contributed by atoms with Gasteiger partial charge in [-0.2, -0.15) is 5.21 Å². The highest BCUT2D eigenvalue weighted by Crippen LogP contribution is 2.31. The van der Waals surface area contributed by atoms with Gasteiger partial charge in [0.25, 0.3) is 11.8 Å². The summed E-state index contributed by atoms with van der Waals surface area (Å²) in [6.45, 7) is 3.75. The predicted octanol–water partition coefficient (Wildman–Crippen LogP) is 3.17. The monoisotopic (exact) mass is 548 g/mol. The Labute approximate surface area is 226 Å². The first-order valence-electron chi connectivity index (χ1n) is 11.8. The Balaban J connectivity index is 1.14. The molecule has 1 aliphatic rings. The molecular formula is C25H24N8O3S2. The molecule has 0 radical (unpaired) electrons. The Morgan fingerprint density at radius 1 is 1.03 bits per heavy atom. The van der Waals surface area contributed by atoms with Crippen LogP contribution in [-0.4, -0.2) is 79.3 Å². The molecule has 0 saturated carbocycles. The number of anilines is 1. The van der Waals surface area contributed by atoms with Crippen LogP contribution in [0.5, 0.6) is 0 Å². The van der Waals surface area contributed by atoms with Crippen molar-refractivity contribution in [1.29, 1.82) is 0 Å². The van der Waals surface area contributed by atoms with Crippen LogP contribution in [0, 0.1) is 0 Å². The molecule has 0 unspecified atom stereocenters. The number of rotatable bonds is 7. The van der Waals surface area contributed by atoms with Crippen molar-refractivity contribution in [2.75, 3.05) is 31.5 Å². The number of carbonyl (C=O) groups is 3. The van der Waals surface area contributed by atoms with Crippen LogP contribution in [0.25, 0.3) is 11.4 Å². The first kappa shape index (κ1) is 25.5. The molecule has 3 amide bonds. The second kappa shape index (κ2) is 11.5. The summed E-state index contributed by atoms with van der Waals surface area (Å²) in [7, 11) is 0. The zero-order chi connectivity index (χ0) is 26.5. The molecule has 0 aliphatic carbocycles. The normalized spacial score (nSPS) is 13.4. The standard InChI is InChI=1S/C25H24N8O3S2/c1-16(34)32-9-11-33(12-10-32)24(36)20-4-2-3-17(13-20)15-37-21-14-26-25(38-21)27-23(35)19-7-5-18(6-8-19)22-28-30-31-29-22/h2-8,13-14H,9-12,15H2,1H3,(H,26,27,35)(H,28,29,30,31). The number of carbonyl (C=O) groups excluding carboxylic acids is 3. The van der Waals surface area contributed by atoms with E-state index in [0.29, 0.717) is 54.0 Å². The van der Waals surface area contributed by atoms with E-state index in [1.165, 1.54) is 11.3 Å². The maximum atomic E-state index is 13.0. The fourth-order valence-electron chi connectivity index (χ4n) is 3.96. The van der Waals surface area contributed by atoms with Gasteiger partial charge in [0.05, 0.1) is 10.4 Å². The molecule has 5 rings (SSSR count). The van der Waals surface area contributed by atoms with Gasteiger partial charge in [-0.1, -0.05) is 35.6 Å². The van der Waals surface area contributed by atoms with Gasteiger partial charge in [-0.15, -0.1) is 22.0 Å². The highest BCUT2D eigenvalue weighted by atomic mass is 32.2. The average Bonchev–Trinajstić information content (AvgIpc) is 3.64. The Morgan fingerprint density at radius 3 is 2.50 bits per heavy atom. The van der Waals surface area contributed by atoms with E-state index in [1.54, 1.807) is 58.9 Å². The number of aromatic nitrogens is 5. The van der Waals surface area contributed by atoms with Gasteiger partial charge in [-0.3, -0.25) is 19.7 Å². The van der Waals surface area contributed by atoms with Crippen molar-refractivity contribution in [1.82, 2.24) is 35.4 Å². The Kier molecular flexibility index (Phi) is 7.75. The molecule has 11 nitrogen and oxygen atoms in total. The third-order valence-electron chi connectivity index (χ3n) is 6.02. The highest BCUT2D eigenvalue weighted by Gasteiger charge is 2.23. The number of thioether (sulfide) groups is 1. The topological polar surface area (TPSA) is 137 Å². The minimum absolute atomic E-state index is 0.0202. The molecule has 1 aliphatic heterocycles.